The van der Waals surface area contributed by atoms with E-state index in [1.165, 1.54) is 0 Å². The lowest BCUT2D eigenvalue weighted by molar-refractivity contribution is -0.137. The number of aliphatic hydroxyl groups excluding tert-OH is 1. The highest BCUT2D eigenvalue weighted by molar-refractivity contribution is 6.31. The lowest BCUT2D eigenvalue weighted by atomic mass is 9.93. The fourth-order valence-corrected chi connectivity index (χ4v) is 2.75. The van der Waals surface area contributed by atoms with Crippen LogP contribution in [0.4, 0.5) is 8.78 Å². The van der Waals surface area contributed by atoms with E-state index in [1.54, 1.807) is 13.8 Å². The van der Waals surface area contributed by atoms with Crippen LogP contribution in [0, 0.1) is 11.6 Å². The van der Waals surface area contributed by atoms with Gasteiger partial charge >= 0.3 is 0 Å². The predicted molar refractivity (Wildman–Crippen MR) is 88.4 cm³/mol. The summed E-state index contributed by atoms with van der Waals surface area (Å²) in [7, 11) is 0. The van der Waals surface area contributed by atoms with E-state index < -0.39 is 29.2 Å². The first-order valence-electron chi connectivity index (χ1n) is 7.17. The third kappa shape index (κ3) is 4.77. The molecule has 0 aromatic heterocycles. The Balaban J connectivity index is 0.00000288. The number of rotatable bonds is 4. The highest BCUT2D eigenvalue weighted by Crippen LogP contribution is 2.30. The molecule has 3 N–H and O–H groups in total. The highest BCUT2D eigenvalue weighted by atomic mass is 35.5. The maximum atomic E-state index is 13.5. The average molecular weight is 385 g/mol. The lowest BCUT2D eigenvalue weighted by Crippen LogP contribution is -2.56. The molecule has 1 aromatic rings. The first-order chi connectivity index (χ1) is 10.7. The van der Waals surface area contributed by atoms with E-state index in [-0.39, 0.29) is 48.8 Å². The van der Waals surface area contributed by atoms with E-state index in [0.29, 0.717) is 0 Å². The number of morpholine rings is 1. The summed E-state index contributed by atoms with van der Waals surface area (Å²) >= 11 is 5.96. The van der Waals surface area contributed by atoms with E-state index >= 15 is 0 Å². The quantitative estimate of drug-likeness (QED) is 0.691. The number of amides is 1. The molecule has 1 heterocycles. The Morgan fingerprint density at radius 2 is 2.08 bits per heavy atom. The topological polar surface area (TPSA) is 70.6 Å². The monoisotopic (exact) mass is 384 g/mol. The number of carbonyl (C=O) groups excluding carboxylic acids is 1. The Morgan fingerprint density at radius 1 is 1.46 bits per heavy atom. The molecule has 1 saturated heterocycles. The second kappa shape index (κ2) is 8.40. The third-order valence-electron chi connectivity index (χ3n) is 3.72. The Kier molecular flexibility index (Phi) is 7.37. The largest absolute Gasteiger partial charge is 0.395 e. The minimum atomic E-state index is -1.05. The van der Waals surface area contributed by atoms with Gasteiger partial charge in [0.2, 0.25) is 0 Å². The molecule has 136 valence electrons. The summed E-state index contributed by atoms with van der Waals surface area (Å²) in [5, 5.41) is 14.7. The van der Waals surface area contributed by atoms with Crippen molar-refractivity contribution in [2.45, 2.75) is 31.5 Å². The van der Waals surface area contributed by atoms with Gasteiger partial charge in [-0.1, -0.05) is 11.6 Å². The number of ether oxygens (including phenoxy) is 1. The van der Waals surface area contributed by atoms with Gasteiger partial charge in [0.1, 0.15) is 6.10 Å². The van der Waals surface area contributed by atoms with Crippen molar-refractivity contribution in [2.75, 3.05) is 19.8 Å². The molecule has 9 heteroatoms. The van der Waals surface area contributed by atoms with Crippen molar-refractivity contribution < 1.29 is 23.4 Å². The van der Waals surface area contributed by atoms with Crippen LogP contribution < -0.4 is 10.6 Å². The van der Waals surface area contributed by atoms with Crippen LogP contribution in [0.5, 0.6) is 0 Å². The number of hydrogen-bond acceptors (Lipinski definition) is 4. The molecule has 0 saturated carbocycles. The van der Waals surface area contributed by atoms with Crippen LogP contribution in [0.15, 0.2) is 12.1 Å². The fraction of sp³-hybridized carbons (Fsp3) is 0.533. The summed E-state index contributed by atoms with van der Waals surface area (Å²) < 4.78 is 32.0. The molecule has 2 rings (SSSR count). The molecule has 0 bridgehead atoms. The number of aliphatic hydroxyl groups is 1. The van der Waals surface area contributed by atoms with E-state index in [0.717, 1.165) is 12.1 Å². The van der Waals surface area contributed by atoms with Crippen LogP contribution in [-0.2, 0) is 15.1 Å². The van der Waals surface area contributed by atoms with Gasteiger partial charge in [0, 0.05) is 11.6 Å². The summed E-state index contributed by atoms with van der Waals surface area (Å²) in [4.78, 5) is 12.3. The van der Waals surface area contributed by atoms with E-state index in [4.69, 9.17) is 21.4 Å². The summed E-state index contributed by atoms with van der Waals surface area (Å²) in [5.41, 5.74) is -0.747. The molecule has 2 atom stereocenters. The minimum Gasteiger partial charge on any atom is -0.395 e. The molecular formula is C15H20Cl2F2N2O3. The van der Waals surface area contributed by atoms with Crippen molar-refractivity contribution in [1.29, 1.82) is 0 Å². The summed E-state index contributed by atoms with van der Waals surface area (Å²) in [6.45, 7) is 3.65. The van der Waals surface area contributed by atoms with Crippen molar-refractivity contribution in [3.05, 3.63) is 34.4 Å². The van der Waals surface area contributed by atoms with Gasteiger partial charge in [-0.05, 0) is 31.5 Å². The number of hydrogen-bond donors (Lipinski definition) is 3. The van der Waals surface area contributed by atoms with Gasteiger partial charge in [-0.25, -0.2) is 8.78 Å². The Labute approximate surface area is 150 Å². The van der Waals surface area contributed by atoms with Crippen LogP contribution in [0.2, 0.25) is 5.02 Å². The van der Waals surface area contributed by atoms with Crippen LogP contribution in [-0.4, -0.2) is 42.9 Å². The Hall–Kier alpha value is -0.990. The number of benzene rings is 1. The van der Waals surface area contributed by atoms with Crippen molar-refractivity contribution in [1.82, 2.24) is 10.6 Å². The summed E-state index contributed by atoms with van der Waals surface area (Å²) in [6.07, 6.45) is -0.735. The van der Waals surface area contributed by atoms with E-state index in [2.05, 4.69) is 10.6 Å². The predicted octanol–water partition coefficient (Wildman–Crippen LogP) is 1.74. The van der Waals surface area contributed by atoms with E-state index in [1.807, 2.05) is 0 Å². The van der Waals surface area contributed by atoms with Crippen LogP contribution >= 0.6 is 24.0 Å². The Bertz CT molecular complexity index is 594. The van der Waals surface area contributed by atoms with Gasteiger partial charge in [-0.2, -0.15) is 0 Å². The zero-order chi connectivity index (χ0) is 17.2. The zero-order valence-electron chi connectivity index (χ0n) is 13.2. The zero-order valence-corrected chi connectivity index (χ0v) is 14.8. The highest BCUT2D eigenvalue weighted by Gasteiger charge is 2.32. The van der Waals surface area contributed by atoms with Gasteiger partial charge in [0.25, 0.3) is 5.91 Å². The van der Waals surface area contributed by atoms with E-state index in [9.17, 15) is 13.6 Å². The molecule has 24 heavy (non-hydrogen) atoms. The van der Waals surface area contributed by atoms with Gasteiger partial charge in [0.05, 0.1) is 24.8 Å². The first kappa shape index (κ1) is 21.1. The summed E-state index contributed by atoms with van der Waals surface area (Å²) in [6, 6.07) is 1.65. The summed E-state index contributed by atoms with van der Waals surface area (Å²) in [5.74, 6) is -2.48. The van der Waals surface area contributed by atoms with Crippen molar-refractivity contribution in [2.24, 2.45) is 0 Å². The number of halogens is 4. The molecule has 5 nitrogen and oxygen atoms in total. The van der Waals surface area contributed by atoms with Crippen LogP contribution in [0.1, 0.15) is 19.4 Å². The number of carbonyl (C=O) groups is 1. The molecular weight excluding hydrogens is 365 g/mol. The Morgan fingerprint density at radius 3 is 2.62 bits per heavy atom. The van der Waals surface area contributed by atoms with Crippen molar-refractivity contribution in [3.8, 4) is 0 Å². The molecule has 1 amide bonds. The molecule has 1 aliphatic rings. The maximum Gasteiger partial charge on any atom is 0.251 e. The van der Waals surface area contributed by atoms with Crippen molar-refractivity contribution in [3.63, 3.8) is 0 Å². The van der Waals surface area contributed by atoms with Crippen LogP contribution in [0.25, 0.3) is 0 Å². The van der Waals surface area contributed by atoms with Gasteiger partial charge in [0.15, 0.2) is 11.6 Å². The standard InChI is InChI=1S/C15H19ClF2N2O3.ClH/c1-15(2,9-3-11(17)12(18)4-10(9)16)20-14(22)13-5-19-8(6-21)7-23-13;/h3-4,8,13,19,21H,5-7H2,1-2H3,(H,20,22);1H/t8-,13+;/m1./s1. The molecule has 1 aromatic carbocycles. The molecule has 0 radical (unpaired) electrons. The second-order valence-corrected chi connectivity index (χ2v) is 6.38. The third-order valence-corrected chi connectivity index (χ3v) is 4.04. The fourth-order valence-electron chi connectivity index (χ4n) is 2.37. The molecule has 1 fully saturated rings. The SMILES string of the molecule is CC(C)(NC(=O)[C@@H]1CN[C@H](CO)CO1)c1cc(F)c(F)cc1Cl.Cl. The van der Waals surface area contributed by atoms with Gasteiger partial charge < -0.3 is 20.5 Å². The second-order valence-electron chi connectivity index (χ2n) is 5.97. The van der Waals surface area contributed by atoms with Gasteiger partial charge in [-0.15, -0.1) is 12.4 Å². The maximum absolute atomic E-state index is 13.5. The average Bonchev–Trinajstić information content (AvgIpc) is 2.50. The lowest BCUT2D eigenvalue weighted by Gasteiger charge is -2.33. The normalized spacial score (nSPS) is 21.1. The van der Waals surface area contributed by atoms with Crippen LogP contribution in [0.3, 0.4) is 0 Å². The molecule has 0 unspecified atom stereocenters. The molecule has 0 spiro atoms. The van der Waals surface area contributed by atoms with Gasteiger partial charge in [-0.3, -0.25) is 4.79 Å². The molecule has 1 aliphatic heterocycles. The smallest absolute Gasteiger partial charge is 0.251 e. The molecule has 0 aliphatic carbocycles. The first-order valence-corrected chi connectivity index (χ1v) is 7.55. The van der Waals surface area contributed by atoms with Crippen molar-refractivity contribution >= 4 is 29.9 Å². The number of nitrogens with one attached hydrogen (secondary N) is 2. The minimum absolute atomic E-state index is 0.